The first kappa shape index (κ1) is 42.3. The highest BCUT2D eigenvalue weighted by Gasteiger charge is 2.36. The van der Waals surface area contributed by atoms with Crippen LogP contribution in [0.1, 0.15) is 158 Å². The summed E-state index contributed by atoms with van der Waals surface area (Å²) in [5, 5.41) is 35.7. The number of aromatic hydroxyl groups is 3. The predicted molar refractivity (Wildman–Crippen MR) is 220 cm³/mol. The van der Waals surface area contributed by atoms with Crippen molar-refractivity contribution in [3.63, 3.8) is 0 Å². The van der Waals surface area contributed by atoms with Crippen molar-refractivity contribution in [3.05, 3.63) is 69.8 Å². The summed E-state index contributed by atoms with van der Waals surface area (Å²) < 4.78 is 13.3. The highest BCUT2D eigenvalue weighted by Crippen LogP contribution is 2.45. The lowest BCUT2D eigenvalue weighted by atomic mass is 9.79. The third kappa shape index (κ3) is 9.27. The molecule has 1 aliphatic rings. The van der Waals surface area contributed by atoms with E-state index in [1.165, 1.54) is 11.4 Å². The van der Waals surface area contributed by atoms with Crippen LogP contribution in [0.25, 0.3) is 0 Å². The van der Waals surface area contributed by atoms with Gasteiger partial charge >= 0.3 is 12.4 Å². The van der Waals surface area contributed by atoms with E-state index in [2.05, 4.69) is 9.98 Å². The summed E-state index contributed by atoms with van der Waals surface area (Å²) in [6.07, 6.45) is 0.262. The predicted octanol–water partition coefficient (Wildman–Crippen LogP) is 11.0. The second-order valence-corrected chi connectivity index (χ2v) is 20.7. The maximum Gasteiger partial charge on any atom is 0.338 e. The van der Waals surface area contributed by atoms with Crippen LogP contribution in [0.15, 0.2) is 46.4 Å². The number of ether oxygens (including phenoxy) is 2. The second-order valence-electron chi connectivity index (χ2n) is 20.7. The topological polar surface area (TPSA) is 116 Å². The van der Waals surface area contributed by atoms with E-state index in [-0.39, 0.29) is 23.3 Å². The zero-order valence-corrected chi connectivity index (χ0v) is 36.0. The molecular formula is C45H65N3O6. The summed E-state index contributed by atoms with van der Waals surface area (Å²) in [7, 11) is 0. The van der Waals surface area contributed by atoms with Gasteiger partial charge in [0.2, 0.25) is 0 Å². The standard InChI is InChI=1S/C45H65N3O6/c1-40(2,3)29-19-26(20-30(35(29)49)41(4,5)6)52-38-46-25-47-39(53-27-21-31(42(7,8)9)36(50)32(22-27)43(10,11)12)48(38)54-28-23-33(44(13,14)15)37(51)34(24-28)45(16,17)18/h19-25,38,49-51H,1-18H3. The summed E-state index contributed by atoms with van der Waals surface area (Å²) in [4.78, 5) is 15.9. The van der Waals surface area contributed by atoms with E-state index in [0.717, 1.165) is 22.3 Å². The van der Waals surface area contributed by atoms with Crippen molar-refractivity contribution in [2.45, 2.75) is 163 Å². The lowest BCUT2D eigenvalue weighted by molar-refractivity contribution is -0.108. The SMILES string of the molecule is CC(C)(C)c1cc(OC2=NC=NC(Oc3cc(C(C)(C)C)c(O)c(C(C)(C)C)c3)N2Oc2cc(C(C)(C)C)c(O)c(C(C)(C)C)c2)cc(C(C)(C)C)c1O. The number of hydrogen-bond acceptors (Lipinski definition) is 9. The van der Waals surface area contributed by atoms with Gasteiger partial charge in [-0.05, 0) is 68.9 Å². The third-order valence-corrected chi connectivity index (χ3v) is 9.50. The number of nitrogens with zero attached hydrogens (tertiary/aromatic N) is 3. The van der Waals surface area contributed by atoms with Gasteiger partial charge in [0.25, 0.3) is 0 Å². The zero-order chi connectivity index (χ0) is 41.1. The molecule has 54 heavy (non-hydrogen) atoms. The second kappa shape index (κ2) is 14.0. The Balaban J connectivity index is 1.94. The van der Waals surface area contributed by atoms with Gasteiger partial charge in [-0.2, -0.15) is 4.99 Å². The molecule has 9 heteroatoms. The molecule has 0 aliphatic carbocycles. The summed E-state index contributed by atoms with van der Waals surface area (Å²) in [6.45, 7) is 36.8. The van der Waals surface area contributed by atoms with E-state index < -0.39 is 38.8 Å². The Morgan fingerprint density at radius 2 is 0.759 bits per heavy atom. The highest BCUT2D eigenvalue weighted by molar-refractivity contribution is 5.85. The van der Waals surface area contributed by atoms with Gasteiger partial charge < -0.3 is 29.6 Å². The van der Waals surface area contributed by atoms with Crippen LogP contribution in [-0.2, 0) is 32.5 Å². The van der Waals surface area contributed by atoms with E-state index >= 15 is 0 Å². The maximum atomic E-state index is 11.5. The first-order valence-corrected chi connectivity index (χ1v) is 18.8. The average Bonchev–Trinajstić information content (AvgIpc) is 2.97. The minimum Gasteiger partial charge on any atom is -0.507 e. The normalized spacial score (nSPS) is 16.0. The molecule has 0 bridgehead atoms. The van der Waals surface area contributed by atoms with Crippen LogP contribution in [0.5, 0.6) is 34.5 Å². The molecule has 1 unspecified atom stereocenters. The third-order valence-electron chi connectivity index (χ3n) is 9.50. The molecule has 0 fully saturated rings. The van der Waals surface area contributed by atoms with E-state index in [1.54, 1.807) is 0 Å². The maximum absolute atomic E-state index is 11.5. The Morgan fingerprint density at radius 3 is 1.07 bits per heavy atom. The fourth-order valence-electron chi connectivity index (χ4n) is 6.36. The molecule has 0 amide bonds. The van der Waals surface area contributed by atoms with Gasteiger partial charge in [-0.25, -0.2) is 4.99 Å². The summed E-state index contributed by atoms with van der Waals surface area (Å²) in [6, 6.07) is 11.0. The van der Waals surface area contributed by atoms with E-state index in [9.17, 15) is 15.3 Å². The van der Waals surface area contributed by atoms with Gasteiger partial charge in [-0.3, -0.25) is 0 Å². The first-order valence-electron chi connectivity index (χ1n) is 18.8. The molecule has 0 aromatic heterocycles. The average molecular weight is 744 g/mol. The minimum absolute atomic E-state index is 0.0500. The Bertz CT molecular complexity index is 1830. The molecule has 9 nitrogen and oxygen atoms in total. The molecule has 3 N–H and O–H groups in total. The number of amidine groups is 1. The van der Waals surface area contributed by atoms with Gasteiger partial charge in [0, 0.05) is 33.4 Å². The fourth-order valence-corrected chi connectivity index (χ4v) is 6.36. The molecule has 3 aromatic carbocycles. The Kier molecular flexibility index (Phi) is 11.0. The van der Waals surface area contributed by atoms with Crippen LogP contribution in [0.3, 0.4) is 0 Å². The number of rotatable bonds is 5. The number of benzene rings is 3. The molecule has 4 rings (SSSR count). The molecule has 3 aromatic rings. The quantitative estimate of drug-likeness (QED) is 0.238. The van der Waals surface area contributed by atoms with Gasteiger partial charge in [0.15, 0.2) is 5.75 Å². The lowest BCUT2D eigenvalue weighted by Crippen LogP contribution is -2.49. The van der Waals surface area contributed by atoms with Crippen molar-refractivity contribution in [2.24, 2.45) is 9.98 Å². The van der Waals surface area contributed by atoms with Gasteiger partial charge in [-0.1, -0.05) is 130 Å². The molecule has 0 spiro atoms. The summed E-state index contributed by atoms with van der Waals surface area (Å²) in [5.41, 5.74) is 1.97. The molecule has 1 heterocycles. The van der Waals surface area contributed by atoms with E-state index in [4.69, 9.17) is 14.3 Å². The van der Waals surface area contributed by atoms with Crippen molar-refractivity contribution in [2.75, 3.05) is 0 Å². The molecule has 0 saturated heterocycles. The Hall–Kier alpha value is -4.40. The van der Waals surface area contributed by atoms with Gasteiger partial charge in [0.1, 0.15) is 35.1 Å². The smallest absolute Gasteiger partial charge is 0.338 e. The van der Waals surface area contributed by atoms with Crippen LogP contribution >= 0.6 is 0 Å². The number of hydroxylamine groups is 2. The Morgan fingerprint density at radius 1 is 0.463 bits per heavy atom. The van der Waals surface area contributed by atoms with Crippen LogP contribution < -0.4 is 14.3 Å². The first-order chi connectivity index (χ1) is 24.3. The van der Waals surface area contributed by atoms with Crippen LogP contribution in [0.2, 0.25) is 0 Å². The fraction of sp³-hybridized carbons (Fsp3) is 0.556. The molecule has 1 atom stereocenters. The number of phenols is 3. The van der Waals surface area contributed by atoms with E-state index in [1.807, 2.05) is 161 Å². The molecule has 0 radical (unpaired) electrons. The molecule has 0 saturated carbocycles. The lowest BCUT2D eigenvalue weighted by Gasteiger charge is -2.34. The number of aliphatic imine (C=N–C) groups is 2. The van der Waals surface area contributed by atoms with Crippen LogP contribution in [-0.4, -0.2) is 39.1 Å². The van der Waals surface area contributed by atoms with Crippen molar-refractivity contribution in [1.29, 1.82) is 0 Å². The monoisotopic (exact) mass is 743 g/mol. The summed E-state index contributed by atoms with van der Waals surface area (Å²) >= 11 is 0. The number of hydrogen-bond donors (Lipinski definition) is 3. The van der Waals surface area contributed by atoms with Crippen molar-refractivity contribution >= 4 is 12.4 Å². The van der Waals surface area contributed by atoms with Gasteiger partial charge in [-0.15, -0.1) is 0 Å². The van der Waals surface area contributed by atoms with Crippen LogP contribution in [0, 0.1) is 0 Å². The Labute approximate surface area is 324 Å². The van der Waals surface area contributed by atoms with Crippen molar-refractivity contribution in [3.8, 4) is 34.5 Å². The van der Waals surface area contributed by atoms with Crippen molar-refractivity contribution < 1.29 is 29.6 Å². The van der Waals surface area contributed by atoms with E-state index in [0.29, 0.717) is 28.4 Å². The highest BCUT2D eigenvalue weighted by atomic mass is 16.7. The summed E-state index contributed by atoms with van der Waals surface area (Å²) in [5.74, 6) is 2.05. The molecular weight excluding hydrogens is 679 g/mol. The number of phenolic OH excluding ortho intramolecular Hbond substituents is 3. The van der Waals surface area contributed by atoms with Gasteiger partial charge in [0.05, 0.1) is 0 Å². The minimum atomic E-state index is -1.12. The zero-order valence-electron chi connectivity index (χ0n) is 36.0. The largest absolute Gasteiger partial charge is 0.507 e. The molecule has 1 aliphatic heterocycles. The van der Waals surface area contributed by atoms with Crippen molar-refractivity contribution in [1.82, 2.24) is 5.06 Å². The molecule has 296 valence electrons. The van der Waals surface area contributed by atoms with Crippen LogP contribution in [0.4, 0.5) is 0 Å².